The number of thiazole rings is 3. The zero-order chi connectivity index (χ0) is 68.7. The molecular weight excluding hydrogens is 1340 g/mol. The summed E-state index contributed by atoms with van der Waals surface area (Å²) in [5, 5.41) is 9.10. The van der Waals surface area contributed by atoms with E-state index in [9.17, 15) is 54.0 Å². The molecule has 1 saturated heterocycles. The molecule has 3 saturated carbocycles. The number of aromatic nitrogens is 6. The van der Waals surface area contributed by atoms with Gasteiger partial charge in [0.15, 0.2) is 25.2 Å². The molecule has 4 aliphatic heterocycles. The first-order valence-corrected chi connectivity index (χ1v) is 39.2. The van der Waals surface area contributed by atoms with Gasteiger partial charge in [-0.1, -0.05) is 34.0 Å². The number of nitrogens with zero attached hydrogens (tertiary/aromatic N) is 12. The van der Waals surface area contributed by atoms with Crippen molar-refractivity contribution in [2.75, 3.05) is 86.4 Å². The number of nitrogens with one attached hydrogen (secondary N) is 3. The number of pyridine rings is 3. The van der Waals surface area contributed by atoms with Crippen molar-refractivity contribution in [2.45, 2.75) is 124 Å². The van der Waals surface area contributed by atoms with E-state index < -0.39 is 41.2 Å². The molecule has 6 amide bonds. The summed E-state index contributed by atoms with van der Waals surface area (Å²) in [6, 6.07) is 5.11. The number of sulfone groups is 1. The Bertz CT molecular complexity index is 4500. The standard InChI is InChI=1S/C21H25N5O4S2.C21H27N5O4S2.C20H25N5O4S2/c1-11-18(31-21(22-11)23-12(2)27)16-6-14-8-26(7-13-4-5-13)20(28)17(14)19(24-16)25-9-15(10-25)32(3,29)30;1-11-19(31-21(22-11)23-13(3)27)16-8-15-10-26(9-14-6-7-14)20(28)17(15)18(24-16)12(2)25(4)32(5,29)30;1-11-18(30-20(21-11)22-12(2)26)15-7-14-9-25(8-13-5-6-13)19(27)17(14)16(23-15)10-24(3)31(4,28)29/h6,13,15H,4-5,7-10H2,1-3H3,(H,22,23,27);8,12,14H,6-7,9-10H2,1-5H3,(H,22,23,27);7,13H,5-6,8-10H2,1-4H3,(H,21,22,26). The average molecular weight is 1420 g/mol. The Morgan fingerprint density at radius 3 is 1.29 bits per heavy atom. The van der Waals surface area contributed by atoms with E-state index in [1.807, 2.05) is 58.6 Å². The molecule has 95 heavy (non-hydrogen) atoms. The van der Waals surface area contributed by atoms with Gasteiger partial charge >= 0.3 is 0 Å². The number of hydrogen-bond acceptors (Lipinski definition) is 22. The zero-order valence-electron chi connectivity index (χ0n) is 54.9. The molecule has 33 heteroatoms. The second-order valence-electron chi connectivity index (χ2n) is 25.8. The lowest BCUT2D eigenvalue weighted by atomic mass is 10.0. The third-order valence-electron chi connectivity index (χ3n) is 17.6. The van der Waals surface area contributed by atoms with E-state index in [0.717, 1.165) is 101 Å². The topological polar surface area (TPSA) is 338 Å². The summed E-state index contributed by atoms with van der Waals surface area (Å²) in [5.41, 5.74) is 9.19. The Morgan fingerprint density at radius 2 is 0.916 bits per heavy atom. The number of anilines is 4. The Balaban J connectivity index is 0.000000145. The predicted octanol–water partition coefficient (Wildman–Crippen LogP) is 7.09. The second kappa shape index (κ2) is 26.6. The summed E-state index contributed by atoms with van der Waals surface area (Å²) in [6.07, 6.45) is 10.4. The first-order valence-electron chi connectivity index (χ1n) is 31.1. The van der Waals surface area contributed by atoms with Gasteiger partial charge in [-0.3, -0.25) is 28.8 Å². The number of hydrogen-bond donors (Lipinski definition) is 3. The van der Waals surface area contributed by atoms with Gasteiger partial charge in [0, 0.05) is 93.5 Å². The lowest BCUT2D eigenvalue weighted by Gasteiger charge is -2.39. The Hall–Kier alpha value is -7.27. The number of carbonyl (C=O) groups excluding carboxylic acids is 6. The third-order valence-corrected chi connectivity index (χ3v) is 25.0. The SMILES string of the molecule is CC(=O)Nc1nc(C)c(-c2cc3c(c(C(C)N(C)S(C)(=O)=O)n2)C(=O)N(CC2CC2)C3)s1.CC(=O)Nc1nc(C)c(-c2cc3c(c(CN(C)S(C)(=O)=O)n2)C(=O)N(CC2CC2)C3)s1.CC(=O)Nc1nc(C)c(-c2cc3c(c(N4CC(S(C)(=O)=O)C4)n2)C(=O)N(CC2CC2)C3)s1. The molecule has 3 aliphatic carbocycles. The highest BCUT2D eigenvalue weighted by Crippen LogP contribution is 2.44. The molecule has 508 valence electrons. The van der Waals surface area contributed by atoms with Crippen molar-refractivity contribution in [1.82, 2.24) is 53.2 Å². The summed E-state index contributed by atoms with van der Waals surface area (Å²) in [5.74, 6) is 1.41. The maximum absolute atomic E-state index is 13.3. The van der Waals surface area contributed by atoms with Gasteiger partial charge < -0.3 is 35.6 Å². The van der Waals surface area contributed by atoms with Gasteiger partial charge in [0.1, 0.15) is 5.82 Å². The molecule has 0 bridgehead atoms. The highest BCUT2D eigenvalue weighted by atomic mass is 32.2. The second-order valence-corrected chi connectivity index (χ2v) is 35.3. The van der Waals surface area contributed by atoms with Crippen molar-refractivity contribution in [2.24, 2.45) is 17.8 Å². The van der Waals surface area contributed by atoms with E-state index in [4.69, 9.17) is 15.0 Å². The van der Waals surface area contributed by atoms with E-state index in [-0.39, 0.29) is 42.0 Å². The highest BCUT2D eigenvalue weighted by Gasteiger charge is 2.43. The zero-order valence-corrected chi connectivity index (χ0v) is 59.8. The van der Waals surface area contributed by atoms with Gasteiger partial charge in [-0.25, -0.2) is 55.2 Å². The van der Waals surface area contributed by atoms with Gasteiger partial charge in [-0.2, -0.15) is 8.61 Å². The summed E-state index contributed by atoms with van der Waals surface area (Å²) in [4.78, 5) is 111. The van der Waals surface area contributed by atoms with Crippen LogP contribution in [0.2, 0.25) is 0 Å². The average Bonchev–Trinajstić information content (AvgIpc) is 1.68. The number of sulfonamides is 2. The molecule has 0 aromatic carbocycles. The molecule has 1 unspecified atom stereocenters. The molecular formula is C62H77N15O12S6. The Labute approximate surface area is 564 Å². The van der Waals surface area contributed by atoms with Gasteiger partial charge in [0.2, 0.25) is 37.8 Å². The molecule has 3 N–H and O–H groups in total. The van der Waals surface area contributed by atoms with E-state index >= 15 is 0 Å². The molecule has 4 fully saturated rings. The van der Waals surface area contributed by atoms with Crippen molar-refractivity contribution in [3.63, 3.8) is 0 Å². The largest absolute Gasteiger partial charge is 0.353 e. The number of carbonyl (C=O) groups is 6. The van der Waals surface area contributed by atoms with Crippen LogP contribution in [0.5, 0.6) is 0 Å². The highest BCUT2D eigenvalue weighted by molar-refractivity contribution is 7.91. The van der Waals surface area contributed by atoms with Crippen LogP contribution in [0.25, 0.3) is 31.7 Å². The summed E-state index contributed by atoms with van der Waals surface area (Å²) in [6.45, 7) is 15.9. The summed E-state index contributed by atoms with van der Waals surface area (Å²) in [7, 11) is -7.11. The van der Waals surface area contributed by atoms with Crippen LogP contribution in [0.4, 0.5) is 21.2 Å². The monoisotopic (exact) mass is 1420 g/mol. The van der Waals surface area contributed by atoms with Crippen LogP contribution >= 0.6 is 34.0 Å². The lowest BCUT2D eigenvalue weighted by Crippen LogP contribution is -2.55. The van der Waals surface area contributed by atoms with Crippen LogP contribution < -0.4 is 20.9 Å². The van der Waals surface area contributed by atoms with Crippen molar-refractivity contribution in [3.8, 4) is 31.7 Å². The quantitative estimate of drug-likeness (QED) is 0.0686. The van der Waals surface area contributed by atoms with Crippen LogP contribution in [-0.4, -0.2) is 185 Å². The van der Waals surface area contributed by atoms with E-state index in [1.54, 1.807) is 6.92 Å². The lowest BCUT2D eigenvalue weighted by molar-refractivity contribution is -0.115. The first kappa shape index (κ1) is 69.1. The molecule has 6 aromatic rings. The molecule has 27 nitrogen and oxygen atoms in total. The van der Waals surface area contributed by atoms with Crippen molar-refractivity contribution < 1.29 is 54.0 Å². The molecule has 1 atom stereocenters. The minimum absolute atomic E-state index is 0.00835. The molecule has 0 spiro atoms. The number of aryl methyl sites for hydroxylation is 3. The van der Waals surface area contributed by atoms with Crippen LogP contribution in [0.1, 0.15) is 148 Å². The fourth-order valence-electron chi connectivity index (χ4n) is 11.7. The first-order chi connectivity index (χ1) is 44.6. The molecule has 7 aliphatic rings. The predicted molar refractivity (Wildman–Crippen MR) is 364 cm³/mol. The van der Waals surface area contributed by atoms with Crippen LogP contribution in [0.15, 0.2) is 18.2 Å². The minimum atomic E-state index is -3.49. The molecule has 13 rings (SSSR count). The maximum atomic E-state index is 13.3. The summed E-state index contributed by atoms with van der Waals surface area (Å²) >= 11 is 3.95. The number of rotatable bonds is 20. The maximum Gasteiger partial charge on any atom is 0.258 e. The van der Waals surface area contributed by atoms with Crippen LogP contribution in [0, 0.1) is 38.5 Å². The number of amides is 6. The van der Waals surface area contributed by atoms with E-state index in [0.29, 0.717) is 135 Å². The van der Waals surface area contributed by atoms with Crippen molar-refractivity contribution in [3.05, 3.63) is 80.0 Å². The summed E-state index contributed by atoms with van der Waals surface area (Å²) < 4.78 is 74.7. The normalized spacial score (nSPS) is 17.3. The van der Waals surface area contributed by atoms with Gasteiger partial charge in [-0.15, -0.1) is 0 Å². The Morgan fingerprint density at radius 1 is 0.547 bits per heavy atom. The van der Waals surface area contributed by atoms with Gasteiger partial charge in [-0.05, 0) is 119 Å². The third kappa shape index (κ3) is 15.6. The number of fused-ring (bicyclic) bond motifs is 3. The fraction of sp³-hybridized carbons (Fsp3) is 0.516. The van der Waals surface area contributed by atoms with Crippen LogP contribution in [-0.2, 0) is 70.4 Å². The molecule has 0 radical (unpaired) electrons. The fourth-order valence-corrected chi connectivity index (χ4v) is 16.6. The van der Waals surface area contributed by atoms with E-state index in [2.05, 4.69) is 30.9 Å². The van der Waals surface area contributed by atoms with Crippen molar-refractivity contribution >= 4 is 121 Å². The van der Waals surface area contributed by atoms with Gasteiger partial charge in [0.05, 0.1) is 107 Å². The molecule has 10 heterocycles. The van der Waals surface area contributed by atoms with Crippen LogP contribution in [0.3, 0.4) is 0 Å². The Kier molecular flexibility index (Phi) is 19.4. The molecule has 6 aromatic heterocycles. The van der Waals surface area contributed by atoms with E-state index in [1.165, 1.54) is 83.7 Å². The van der Waals surface area contributed by atoms with Gasteiger partial charge in [0.25, 0.3) is 17.7 Å². The smallest absolute Gasteiger partial charge is 0.258 e. The van der Waals surface area contributed by atoms with Crippen molar-refractivity contribution in [1.29, 1.82) is 0 Å². The minimum Gasteiger partial charge on any atom is -0.353 e.